The molecule has 1 heterocycles. The lowest BCUT2D eigenvalue weighted by atomic mass is 10.2. The summed E-state index contributed by atoms with van der Waals surface area (Å²) in [5, 5.41) is 0. The van der Waals surface area contributed by atoms with Crippen LogP contribution in [0.25, 0.3) is 0 Å². The minimum atomic E-state index is -4.67. The Kier molecular flexibility index (Phi) is 4.16. The lowest BCUT2D eigenvalue weighted by molar-refractivity contribution is -0.139. The molecule has 1 saturated carbocycles. The third-order valence-electron chi connectivity index (χ3n) is 3.47. The maximum atomic E-state index is 12.7. The van der Waals surface area contributed by atoms with Crippen LogP contribution in [0.5, 0.6) is 0 Å². The Morgan fingerprint density at radius 1 is 1.43 bits per heavy atom. The standard InChI is InChI=1S/C12H15F3N2O3S/c1-8(9-2-3-9)17(7-12(13,14)15)21(19,20)11-6-16-5-4-10(11)18/h4-6,8-9H,2-3,7H2,1H3,(H,16,18). The van der Waals surface area contributed by atoms with Crippen LogP contribution in [0.3, 0.4) is 0 Å². The van der Waals surface area contributed by atoms with Crippen LogP contribution >= 0.6 is 0 Å². The fourth-order valence-corrected chi connectivity index (χ4v) is 3.89. The van der Waals surface area contributed by atoms with Gasteiger partial charge in [-0.05, 0) is 25.7 Å². The van der Waals surface area contributed by atoms with Crippen LogP contribution in [0.1, 0.15) is 19.8 Å². The Morgan fingerprint density at radius 3 is 2.52 bits per heavy atom. The highest BCUT2D eigenvalue weighted by Gasteiger charge is 2.44. The quantitative estimate of drug-likeness (QED) is 0.897. The fraction of sp³-hybridized carbons (Fsp3) is 0.583. The highest BCUT2D eigenvalue weighted by atomic mass is 32.2. The largest absolute Gasteiger partial charge is 0.402 e. The molecule has 2 rings (SSSR count). The third-order valence-corrected chi connectivity index (χ3v) is 5.42. The highest BCUT2D eigenvalue weighted by molar-refractivity contribution is 7.89. The molecule has 0 aromatic carbocycles. The first-order chi connectivity index (χ1) is 9.63. The van der Waals surface area contributed by atoms with Gasteiger partial charge < -0.3 is 4.98 Å². The van der Waals surface area contributed by atoms with Crippen molar-refractivity contribution < 1.29 is 21.6 Å². The van der Waals surface area contributed by atoms with Gasteiger partial charge in [0.05, 0.1) is 0 Å². The van der Waals surface area contributed by atoms with Crippen molar-refractivity contribution in [2.24, 2.45) is 5.92 Å². The van der Waals surface area contributed by atoms with Gasteiger partial charge in [0.1, 0.15) is 11.4 Å². The molecule has 1 N–H and O–H groups in total. The van der Waals surface area contributed by atoms with Crippen molar-refractivity contribution >= 4 is 10.0 Å². The molecule has 9 heteroatoms. The van der Waals surface area contributed by atoms with Crippen molar-refractivity contribution in [3.8, 4) is 0 Å². The summed E-state index contributed by atoms with van der Waals surface area (Å²) in [6, 6.07) is 0.178. The van der Waals surface area contributed by atoms with Crippen LogP contribution in [0.4, 0.5) is 13.2 Å². The molecule has 118 valence electrons. The zero-order valence-corrected chi connectivity index (χ0v) is 12.0. The van der Waals surface area contributed by atoms with Crippen LogP contribution in [0.2, 0.25) is 0 Å². The van der Waals surface area contributed by atoms with E-state index in [0.29, 0.717) is 17.1 Å². The molecule has 1 aromatic heterocycles. The van der Waals surface area contributed by atoms with Crippen molar-refractivity contribution in [2.45, 2.75) is 36.9 Å². The maximum Gasteiger partial charge on any atom is 0.402 e. The number of nitrogens with one attached hydrogen (secondary N) is 1. The minimum absolute atomic E-state index is 0.0927. The first-order valence-electron chi connectivity index (χ1n) is 6.38. The number of H-pyrrole nitrogens is 1. The summed E-state index contributed by atoms with van der Waals surface area (Å²) in [5.74, 6) is -0.0927. The number of nitrogens with zero attached hydrogens (tertiary/aromatic N) is 1. The Labute approximate surface area is 119 Å². The molecule has 0 saturated heterocycles. The van der Waals surface area contributed by atoms with Gasteiger partial charge in [0.25, 0.3) is 0 Å². The summed E-state index contributed by atoms with van der Waals surface area (Å²) < 4.78 is 63.3. The van der Waals surface area contributed by atoms with E-state index in [4.69, 9.17) is 0 Å². The molecule has 21 heavy (non-hydrogen) atoms. The third kappa shape index (κ3) is 3.65. The summed E-state index contributed by atoms with van der Waals surface area (Å²) in [7, 11) is -4.50. The molecule has 1 aliphatic carbocycles. The molecule has 1 aromatic rings. The summed E-state index contributed by atoms with van der Waals surface area (Å²) in [6.45, 7) is -0.153. The van der Waals surface area contributed by atoms with Gasteiger partial charge in [0.2, 0.25) is 15.5 Å². The van der Waals surface area contributed by atoms with Crippen LogP contribution in [0, 0.1) is 5.92 Å². The van der Waals surface area contributed by atoms with E-state index in [0.717, 1.165) is 12.3 Å². The predicted octanol–water partition coefficient (Wildman–Crippen LogP) is 1.73. The van der Waals surface area contributed by atoms with Crippen molar-refractivity contribution in [3.05, 3.63) is 28.7 Å². The van der Waals surface area contributed by atoms with E-state index >= 15 is 0 Å². The Bertz CT molecular complexity index is 665. The van der Waals surface area contributed by atoms with Crippen LogP contribution < -0.4 is 5.43 Å². The lowest BCUT2D eigenvalue weighted by Gasteiger charge is -2.28. The predicted molar refractivity (Wildman–Crippen MR) is 69.2 cm³/mol. The number of rotatable bonds is 5. The number of halogens is 3. The van der Waals surface area contributed by atoms with Gasteiger partial charge in [0, 0.05) is 24.5 Å². The average Bonchev–Trinajstić information content (AvgIpc) is 3.18. The van der Waals surface area contributed by atoms with Gasteiger partial charge in [-0.3, -0.25) is 4.79 Å². The molecule has 1 unspecified atom stereocenters. The van der Waals surface area contributed by atoms with E-state index < -0.39 is 39.1 Å². The number of aromatic nitrogens is 1. The molecule has 0 radical (unpaired) electrons. The second kappa shape index (κ2) is 5.45. The van der Waals surface area contributed by atoms with Crippen LogP contribution in [-0.4, -0.2) is 36.5 Å². The molecule has 0 spiro atoms. The normalized spacial score (nSPS) is 18.0. The van der Waals surface area contributed by atoms with Gasteiger partial charge in [-0.25, -0.2) is 8.42 Å². The maximum absolute atomic E-state index is 12.7. The Hall–Kier alpha value is -1.35. The van der Waals surface area contributed by atoms with Gasteiger partial charge >= 0.3 is 6.18 Å². The number of sulfonamides is 1. The first kappa shape index (κ1) is 16.0. The van der Waals surface area contributed by atoms with Crippen molar-refractivity contribution in [1.29, 1.82) is 0 Å². The average molecular weight is 324 g/mol. The molecule has 0 amide bonds. The molecule has 1 fully saturated rings. The molecular formula is C12H15F3N2O3S. The number of alkyl halides is 3. The monoisotopic (exact) mass is 324 g/mol. The summed E-state index contributed by atoms with van der Waals surface area (Å²) in [4.78, 5) is 13.4. The van der Waals surface area contributed by atoms with Gasteiger partial charge in [0.15, 0.2) is 0 Å². The lowest BCUT2D eigenvalue weighted by Crippen LogP contribution is -2.46. The van der Waals surface area contributed by atoms with E-state index in [-0.39, 0.29) is 5.92 Å². The summed E-state index contributed by atoms with van der Waals surface area (Å²) in [6.07, 6.45) is -1.15. The number of hydrogen-bond acceptors (Lipinski definition) is 3. The molecule has 0 bridgehead atoms. The summed E-state index contributed by atoms with van der Waals surface area (Å²) >= 11 is 0. The number of aromatic amines is 1. The SMILES string of the molecule is CC(C1CC1)N(CC(F)(F)F)S(=O)(=O)c1c[nH]ccc1=O. The molecule has 0 aliphatic heterocycles. The smallest absolute Gasteiger partial charge is 0.366 e. The zero-order valence-electron chi connectivity index (χ0n) is 11.2. The molecule has 1 atom stereocenters. The van der Waals surface area contributed by atoms with E-state index in [1.807, 2.05) is 0 Å². The van der Waals surface area contributed by atoms with Gasteiger partial charge in [-0.1, -0.05) is 0 Å². The molecule has 5 nitrogen and oxygen atoms in total. The fourth-order valence-electron chi connectivity index (χ4n) is 2.17. The van der Waals surface area contributed by atoms with Crippen molar-refractivity contribution in [2.75, 3.05) is 6.54 Å². The van der Waals surface area contributed by atoms with Crippen LogP contribution in [0.15, 0.2) is 28.2 Å². The Balaban J connectivity index is 2.44. The number of hydrogen-bond donors (Lipinski definition) is 1. The second-order valence-electron chi connectivity index (χ2n) is 5.12. The van der Waals surface area contributed by atoms with E-state index in [9.17, 15) is 26.4 Å². The van der Waals surface area contributed by atoms with Gasteiger partial charge in [-0.15, -0.1) is 0 Å². The number of pyridine rings is 1. The second-order valence-corrected chi connectivity index (χ2v) is 6.98. The first-order valence-corrected chi connectivity index (χ1v) is 7.82. The Morgan fingerprint density at radius 2 is 2.05 bits per heavy atom. The molecule has 1 aliphatic rings. The minimum Gasteiger partial charge on any atom is -0.366 e. The van der Waals surface area contributed by atoms with Gasteiger partial charge in [-0.2, -0.15) is 17.5 Å². The van der Waals surface area contributed by atoms with E-state index in [2.05, 4.69) is 4.98 Å². The van der Waals surface area contributed by atoms with E-state index in [1.165, 1.54) is 13.1 Å². The zero-order chi connectivity index (χ0) is 15.8. The van der Waals surface area contributed by atoms with Crippen molar-refractivity contribution in [1.82, 2.24) is 9.29 Å². The topological polar surface area (TPSA) is 70.2 Å². The van der Waals surface area contributed by atoms with Crippen LogP contribution in [-0.2, 0) is 10.0 Å². The van der Waals surface area contributed by atoms with E-state index in [1.54, 1.807) is 0 Å². The highest BCUT2D eigenvalue weighted by Crippen LogP contribution is 2.38. The van der Waals surface area contributed by atoms with Crippen molar-refractivity contribution in [3.63, 3.8) is 0 Å². The molecular weight excluding hydrogens is 309 g/mol. The summed E-state index contributed by atoms with van der Waals surface area (Å²) in [5.41, 5.74) is -0.830.